The van der Waals surface area contributed by atoms with Gasteiger partial charge in [0, 0.05) is 5.56 Å². The van der Waals surface area contributed by atoms with E-state index in [1.807, 2.05) is 0 Å². The van der Waals surface area contributed by atoms with Crippen molar-refractivity contribution in [1.82, 2.24) is 0 Å². The summed E-state index contributed by atoms with van der Waals surface area (Å²) in [5, 5.41) is 8.58. The minimum atomic E-state index is -1.36. The first-order valence-corrected chi connectivity index (χ1v) is 3.67. The van der Waals surface area contributed by atoms with Gasteiger partial charge in [-0.1, -0.05) is 18.2 Å². The first-order valence-electron chi connectivity index (χ1n) is 3.67. The summed E-state index contributed by atoms with van der Waals surface area (Å²) in [5.41, 5.74) is 0.391. The fourth-order valence-corrected chi connectivity index (χ4v) is 1.02. The van der Waals surface area contributed by atoms with Crippen LogP contribution in [0.25, 0.3) is 0 Å². The first kappa shape index (κ1) is 9.00. The van der Waals surface area contributed by atoms with Crippen molar-refractivity contribution in [3.8, 4) is 5.75 Å². The van der Waals surface area contributed by atoms with Crippen LogP contribution in [0.5, 0.6) is 5.75 Å². The van der Waals surface area contributed by atoms with Gasteiger partial charge < -0.3 is 9.84 Å². The van der Waals surface area contributed by atoms with Crippen LogP contribution in [0.15, 0.2) is 24.3 Å². The van der Waals surface area contributed by atoms with E-state index in [2.05, 4.69) is 0 Å². The molecular weight excluding hydrogens is 159 g/mol. The number of para-hydroxylation sites is 1. The molecule has 1 atom stereocenters. The van der Waals surface area contributed by atoms with Gasteiger partial charge in [0.05, 0.1) is 13.7 Å². The third-order valence-corrected chi connectivity index (χ3v) is 1.64. The molecule has 0 aromatic heterocycles. The fraction of sp³-hybridized carbons (Fsp3) is 0.333. The van der Waals surface area contributed by atoms with Crippen LogP contribution in [0.4, 0.5) is 4.39 Å². The highest BCUT2D eigenvalue weighted by atomic mass is 19.1. The monoisotopic (exact) mass is 170 g/mol. The molecule has 1 aromatic rings. The van der Waals surface area contributed by atoms with Gasteiger partial charge in [-0.2, -0.15) is 0 Å². The van der Waals surface area contributed by atoms with Gasteiger partial charge in [0.1, 0.15) is 5.75 Å². The Morgan fingerprint density at radius 2 is 2.17 bits per heavy atom. The number of aliphatic hydroxyl groups is 1. The van der Waals surface area contributed by atoms with Gasteiger partial charge in [0.15, 0.2) is 6.17 Å². The maximum Gasteiger partial charge on any atom is 0.152 e. The second-order valence-corrected chi connectivity index (χ2v) is 2.39. The van der Waals surface area contributed by atoms with Crippen LogP contribution in [-0.2, 0) is 0 Å². The smallest absolute Gasteiger partial charge is 0.152 e. The zero-order valence-electron chi connectivity index (χ0n) is 6.83. The summed E-state index contributed by atoms with van der Waals surface area (Å²) in [5.74, 6) is 0.471. The quantitative estimate of drug-likeness (QED) is 0.748. The highest BCUT2D eigenvalue weighted by molar-refractivity contribution is 5.34. The molecule has 0 saturated heterocycles. The summed E-state index contributed by atoms with van der Waals surface area (Å²) in [6.07, 6.45) is -1.36. The van der Waals surface area contributed by atoms with E-state index in [-0.39, 0.29) is 0 Å². The Balaban J connectivity index is 2.96. The Morgan fingerprint density at radius 3 is 2.75 bits per heavy atom. The minimum absolute atomic E-state index is 0.391. The lowest BCUT2D eigenvalue weighted by atomic mass is 10.1. The van der Waals surface area contributed by atoms with Crippen molar-refractivity contribution in [2.75, 3.05) is 13.7 Å². The average molecular weight is 170 g/mol. The van der Waals surface area contributed by atoms with Crippen LogP contribution in [0, 0.1) is 0 Å². The second-order valence-electron chi connectivity index (χ2n) is 2.39. The number of ether oxygens (including phenoxy) is 1. The van der Waals surface area contributed by atoms with Crippen LogP contribution in [0.1, 0.15) is 11.7 Å². The third-order valence-electron chi connectivity index (χ3n) is 1.64. The molecular formula is C9H11FO2. The number of hydrogen-bond acceptors (Lipinski definition) is 2. The van der Waals surface area contributed by atoms with Gasteiger partial charge in [-0.25, -0.2) is 4.39 Å². The average Bonchev–Trinajstić information content (AvgIpc) is 2.16. The molecule has 3 heteroatoms. The molecule has 0 bridgehead atoms. The third kappa shape index (κ3) is 1.74. The van der Waals surface area contributed by atoms with E-state index in [0.717, 1.165) is 0 Å². The van der Waals surface area contributed by atoms with Crippen LogP contribution < -0.4 is 4.74 Å². The van der Waals surface area contributed by atoms with Crippen LogP contribution in [0.2, 0.25) is 0 Å². The van der Waals surface area contributed by atoms with Gasteiger partial charge in [-0.05, 0) is 6.07 Å². The summed E-state index contributed by atoms with van der Waals surface area (Å²) in [6, 6.07) is 6.73. The van der Waals surface area contributed by atoms with Crippen molar-refractivity contribution in [3.05, 3.63) is 29.8 Å². The maximum absolute atomic E-state index is 13.0. The molecule has 1 aromatic carbocycles. The highest BCUT2D eigenvalue weighted by Crippen LogP contribution is 2.26. The zero-order valence-corrected chi connectivity index (χ0v) is 6.83. The van der Waals surface area contributed by atoms with Gasteiger partial charge >= 0.3 is 0 Å². The van der Waals surface area contributed by atoms with Crippen molar-refractivity contribution in [2.24, 2.45) is 0 Å². The molecule has 1 unspecified atom stereocenters. The van der Waals surface area contributed by atoms with E-state index >= 15 is 0 Å². The van der Waals surface area contributed by atoms with E-state index in [1.54, 1.807) is 24.3 Å². The van der Waals surface area contributed by atoms with E-state index in [1.165, 1.54) is 7.11 Å². The lowest BCUT2D eigenvalue weighted by Crippen LogP contribution is -1.99. The molecule has 0 spiro atoms. The number of aliphatic hydroxyl groups excluding tert-OH is 1. The number of hydrogen-bond donors (Lipinski definition) is 1. The van der Waals surface area contributed by atoms with Crippen LogP contribution >= 0.6 is 0 Å². The molecule has 0 fully saturated rings. The largest absolute Gasteiger partial charge is 0.496 e. The molecule has 1 rings (SSSR count). The van der Waals surface area contributed by atoms with Gasteiger partial charge in [-0.15, -0.1) is 0 Å². The number of benzene rings is 1. The van der Waals surface area contributed by atoms with Crippen molar-refractivity contribution in [1.29, 1.82) is 0 Å². The standard InChI is InChI=1S/C9H11FO2/c1-12-9-5-3-2-4-7(9)8(10)6-11/h2-5,8,11H,6H2,1H3. The Bertz CT molecular complexity index is 250. The molecule has 12 heavy (non-hydrogen) atoms. The van der Waals surface area contributed by atoms with E-state index < -0.39 is 12.8 Å². The number of alkyl halides is 1. The van der Waals surface area contributed by atoms with Gasteiger partial charge in [0.2, 0.25) is 0 Å². The highest BCUT2D eigenvalue weighted by Gasteiger charge is 2.12. The van der Waals surface area contributed by atoms with Crippen molar-refractivity contribution < 1.29 is 14.2 Å². The molecule has 0 amide bonds. The van der Waals surface area contributed by atoms with E-state index in [4.69, 9.17) is 9.84 Å². The van der Waals surface area contributed by atoms with Crippen molar-refractivity contribution >= 4 is 0 Å². The molecule has 66 valence electrons. The van der Waals surface area contributed by atoms with Crippen molar-refractivity contribution in [2.45, 2.75) is 6.17 Å². The summed E-state index contributed by atoms with van der Waals surface area (Å²) in [7, 11) is 1.48. The molecule has 0 saturated carbocycles. The predicted molar refractivity (Wildman–Crippen MR) is 43.9 cm³/mol. The first-order chi connectivity index (χ1) is 5.79. The lowest BCUT2D eigenvalue weighted by Gasteiger charge is -2.09. The maximum atomic E-state index is 13.0. The summed E-state index contributed by atoms with van der Waals surface area (Å²) >= 11 is 0. The van der Waals surface area contributed by atoms with Gasteiger partial charge in [-0.3, -0.25) is 0 Å². The fourth-order valence-electron chi connectivity index (χ4n) is 1.02. The molecule has 2 nitrogen and oxygen atoms in total. The van der Waals surface area contributed by atoms with Crippen LogP contribution in [-0.4, -0.2) is 18.8 Å². The number of methoxy groups -OCH3 is 1. The molecule has 0 aliphatic heterocycles. The molecule has 0 heterocycles. The normalized spacial score (nSPS) is 12.6. The van der Waals surface area contributed by atoms with Gasteiger partial charge in [0.25, 0.3) is 0 Å². The Hall–Kier alpha value is -1.09. The summed E-state index contributed by atoms with van der Waals surface area (Å²) < 4.78 is 17.9. The van der Waals surface area contributed by atoms with Crippen LogP contribution in [0.3, 0.4) is 0 Å². The topological polar surface area (TPSA) is 29.5 Å². The number of rotatable bonds is 3. The lowest BCUT2D eigenvalue weighted by molar-refractivity contribution is 0.176. The van der Waals surface area contributed by atoms with E-state index in [9.17, 15) is 4.39 Å². The second kappa shape index (κ2) is 4.07. The molecule has 0 aliphatic rings. The predicted octanol–water partition coefficient (Wildman–Crippen LogP) is 1.70. The van der Waals surface area contributed by atoms with E-state index in [0.29, 0.717) is 11.3 Å². The number of halogens is 1. The summed E-state index contributed by atoms with van der Waals surface area (Å²) in [6.45, 7) is -0.514. The molecule has 0 aliphatic carbocycles. The molecule has 1 N–H and O–H groups in total. The Kier molecular flexibility index (Phi) is 3.05. The summed E-state index contributed by atoms with van der Waals surface area (Å²) in [4.78, 5) is 0. The minimum Gasteiger partial charge on any atom is -0.496 e. The molecule has 0 radical (unpaired) electrons. The zero-order chi connectivity index (χ0) is 8.97. The Labute approximate surface area is 70.6 Å². The SMILES string of the molecule is COc1ccccc1C(F)CO. The Morgan fingerprint density at radius 1 is 1.50 bits per heavy atom. The van der Waals surface area contributed by atoms with Crippen molar-refractivity contribution in [3.63, 3.8) is 0 Å².